The minimum absolute atomic E-state index is 0.0930. The molecule has 1 saturated heterocycles. The maximum Gasteiger partial charge on any atom is 0.269 e. The molecular formula is C32H28N6O4. The zero-order chi connectivity index (χ0) is 29.1. The van der Waals surface area contributed by atoms with E-state index in [-0.39, 0.29) is 17.5 Å². The Morgan fingerprint density at radius 3 is 2.57 bits per heavy atom. The number of nitrogens with one attached hydrogen (secondary N) is 2. The molecule has 4 aromatic rings. The third kappa shape index (κ3) is 5.73. The van der Waals surface area contributed by atoms with E-state index >= 15 is 0 Å². The van der Waals surface area contributed by atoms with Gasteiger partial charge >= 0.3 is 0 Å². The summed E-state index contributed by atoms with van der Waals surface area (Å²) in [6, 6.07) is 19.6. The maximum atomic E-state index is 13.3. The number of piperidine rings is 1. The molecule has 2 amide bonds. The van der Waals surface area contributed by atoms with E-state index in [4.69, 9.17) is 4.99 Å². The smallest absolute Gasteiger partial charge is 0.269 e. The normalized spacial score (nSPS) is 17.0. The van der Waals surface area contributed by atoms with Gasteiger partial charge in [0, 0.05) is 42.9 Å². The van der Waals surface area contributed by atoms with E-state index in [1.807, 2.05) is 65.6 Å². The summed E-state index contributed by atoms with van der Waals surface area (Å²) >= 11 is 0. The zero-order valence-corrected chi connectivity index (χ0v) is 22.7. The number of imidazole rings is 1. The highest BCUT2D eigenvalue weighted by Gasteiger charge is 2.36. The second-order valence-corrected chi connectivity index (χ2v) is 10.3. The molecule has 10 heteroatoms. The lowest BCUT2D eigenvalue weighted by molar-refractivity contribution is -0.384. The molecule has 0 saturated carbocycles. The average Bonchev–Trinajstić information content (AvgIpc) is 3.64. The van der Waals surface area contributed by atoms with Crippen LogP contribution in [0.3, 0.4) is 0 Å². The third-order valence-electron chi connectivity index (χ3n) is 7.51. The number of likely N-dealkylation sites (tertiary alicyclic amines) is 1. The quantitative estimate of drug-likeness (QED) is 0.158. The number of hydrogen-bond acceptors (Lipinski definition) is 6. The van der Waals surface area contributed by atoms with Gasteiger partial charge in [0.05, 0.1) is 34.5 Å². The highest BCUT2D eigenvalue weighted by molar-refractivity contribution is 6.24. The van der Waals surface area contributed by atoms with Crippen LogP contribution in [0.1, 0.15) is 53.1 Å². The van der Waals surface area contributed by atoms with E-state index in [1.165, 1.54) is 12.1 Å². The van der Waals surface area contributed by atoms with E-state index in [0.29, 0.717) is 41.2 Å². The second-order valence-electron chi connectivity index (χ2n) is 10.3. The lowest BCUT2D eigenvalue weighted by Gasteiger charge is -2.26. The molecule has 0 radical (unpaired) electrons. The van der Waals surface area contributed by atoms with Crippen LogP contribution in [-0.4, -0.2) is 43.9 Å². The highest BCUT2D eigenvalue weighted by atomic mass is 16.6. The predicted molar refractivity (Wildman–Crippen MR) is 160 cm³/mol. The Labute approximate surface area is 242 Å². The number of aromatic nitrogens is 2. The standard InChI is InChI=1S/C32H28N6O4/c39-29-3-1-2-16-37(29)19-22-4-9-23(10-5-22)31(30-27-17-26(38(41)42)14-15-28(27)36-32(30)40)35-24-11-6-21(7-12-24)8-13-25-18-33-20-34-25/h4-15,17-18,20,30H,1-3,16,19H2,(H,33,34)(H,36,40). The van der Waals surface area contributed by atoms with Crippen LogP contribution >= 0.6 is 0 Å². The summed E-state index contributed by atoms with van der Waals surface area (Å²) in [5.41, 5.74) is 5.60. The van der Waals surface area contributed by atoms with E-state index in [9.17, 15) is 19.7 Å². The number of anilines is 1. The SMILES string of the molecule is O=C1Nc2ccc([N+](=O)[O-])cc2C1C(=Nc1ccc(C=Cc2cnc[nH]2)cc1)c1ccc(CN2CCCCC2=O)cc1. The Morgan fingerprint density at radius 1 is 1.05 bits per heavy atom. The van der Waals surface area contributed by atoms with Crippen LogP contribution < -0.4 is 5.32 Å². The van der Waals surface area contributed by atoms with Gasteiger partial charge in [0.2, 0.25) is 11.8 Å². The minimum Gasteiger partial charge on any atom is -0.345 e. The van der Waals surface area contributed by atoms with Crippen molar-refractivity contribution in [3.05, 3.63) is 117 Å². The number of hydrogen-bond donors (Lipinski definition) is 2. The van der Waals surface area contributed by atoms with Gasteiger partial charge in [-0.05, 0) is 53.8 Å². The van der Waals surface area contributed by atoms with Crippen LogP contribution in [0.4, 0.5) is 17.1 Å². The van der Waals surface area contributed by atoms with Gasteiger partial charge in [0.25, 0.3) is 5.69 Å². The molecule has 1 aromatic heterocycles. The monoisotopic (exact) mass is 560 g/mol. The molecule has 3 heterocycles. The molecular weight excluding hydrogens is 532 g/mol. The zero-order valence-electron chi connectivity index (χ0n) is 22.7. The summed E-state index contributed by atoms with van der Waals surface area (Å²) < 4.78 is 0. The minimum atomic E-state index is -0.839. The molecule has 2 aliphatic rings. The van der Waals surface area contributed by atoms with E-state index in [1.54, 1.807) is 18.6 Å². The van der Waals surface area contributed by atoms with Crippen molar-refractivity contribution in [2.45, 2.75) is 31.7 Å². The summed E-state index contributed by atoms with van der Waals surface area (Å²) in [5, 5.41) is 14.4. The molecule has 0 aliphatic carbocycles. The highest BCUT2D eigenvalue weighted by Crippen LogP contribution is 2.38. The Hall–Kier alpha value is -5.38. The number of nitro groups is 1. The molecule has 2 N–H and O–H groups in total. The topological polar surface area (TPSA) is 134 Å². The Bertz CT molecular complexity index is 1690. The molecule has 42 heavy (non-hydrogen) atoms. The number of aromatic amines is 1. The molecule has 0 spiro atoms. The van der Waals surface area contributed by atoms with Crippen LogP contribution in [0.15, 0.2) is 84.2 Å². The average molecular weight is 561 g/mol. The first-order valence-corrected chi connectivity index (χ1v) is 13.8. The van der Waals surface area contributed by atoms with Gasteiger partial charge in [0.15, 0.2) is 0 Å². The van der Waals surface area contributed by atoms with Gasteiger partial charge < -0.3 is 15.2 Å². The summed E-state index contributed by atoms with van der Waals surface area (Å²) in [7, 11) is 0. The third-order valence-corrected chi connectivity index (χ3v) is 7.51. The number of rotatable bonds is 8. The molecule has 1 unspecified atom stereocenters. The number of H-pyrrole nitrogens is 1. The largest absolute Gasteiger partial charge is 0.345 e. The maximum absolute atomic E-state index is 13.3. The van der Waals surface area contributed by atoms with Crippen molar-refractivity contribution < 1.29 is 14.5 Å². The number of non-ortho nitro benzene ring substituents is 1. The number of carbonyl (C=O) groups is 2. The number of nitro benzene ring substituents is 1. The lowest BCUT2D eigenvalue weighted by atomic mass is 9.90. The number of nitrogens with zero attached hydrogens (tertiary/aromatic N) is 4. The van der Waals surface area contributed by atoms with E-state index < -0.39 is 10.8 Å². The van der Waals surface area contributed by atoms with Crippen LogP contribution in [-0.2, 0) is 16.1 Å². The number of carbonyl (C=O) groups excluding carboxylic acids is 2. The van der Waals surface area contributed by atoms with Gasteiger partial charge in [-0.1, -0.05) is 42.5 Å². The van der Waals surface area contributed by atoms with Gasteiger partial charge in [-0.15, -0.1) is 0 Å². The van der Waals surface area contributed by atoms with Crippen molar-refractivity contribution in [3.8, 4) is 0 Å². The molecule has 10 nitrogen and oxygen atoms in total. The first-order valence-electron chi connectivity index (χ1n) is 13.8. The number of aliphatic imine (C=N–C) groups is 1. The van der Waals surface area contributed by atoms with Crippen LogP contribution in [0, 0.1) is 10.1 Å². The fourth-order valence-electron chi connectivity index (χ4n) is 5.30. The van der Waals surface area contributed by atoms with Crippen molar-refractivity contribution in [1.29, 1.82) is 0 Å². The summed E-state index contributed by atoms with van der Waals surface area (Å²) in [6.07, 6.45) is 9.72. The van der Waals surface area contributed by atoms with E-state index in [2.05, 4.69) is 15.3 Å². The van der Waals surface area contributed by atoms with Crippen LogP contribution in [0.2, 0.25) is 0 Å². The van der Waals surface area contributed by atoms with Crippen molar-refractivity contribution >= 4 is 46.7 Å². The predicted octanol–water partition coefficient (Wildman–Crippen LogP) is 5.86. The Balaban J connectivity index is 1.35. The second kappa shape index (κ2) is 11.6. The first-order chi connectivity index (χ1) is 20.4. The van der Waals surface area contributed by atoms with Crippen LogP contribution in [0.5, 0.6) is 0 Å². The molecule has 6 rings (SSSR count). The molecule has 2 aliphatic heterocycles. The number of fused-ring (bicyclic) bond motifs is 1. The lowest BCUT2D eigenvalue weighted by Crippen LogP contribution is -2.34. The van der Waals surface area contributed by atoms with Gasteiger partial charge in [-0.2, -0.15) is 0 Å². The Kier molecular flexibility index (Phi) is 7.42. The van der Waals surface area contributed by atoms with Crippen molar-refractivity contribution in [2.75, 3.05) is 11.9 Å². The molecule has 1 fully saturated rings. The van der Waals surface area contributed by atoms with Crippen molar-refractivity contribution in [2.24, 2.45) is 4.99 Å². The summed E-state index contributed by atoms with van der Waals surface area (Å²) in [6.45, 7) is 1.27. The number of amides is 2. The van der Waals surface area contributed by atoms with Gasteiger partial charge in [0.1, 0.15) is 5.92 Å². The fraction of sp³-hybridized carbons (Fsp3) is 0.188. The molecule has 0 bridgehead atoms. The molecule has 1 atom stereocenters. The van der Waals surface area contributed by atoms with Crippen molar-refractivity contribution in [1.82, 2.24) is 14.9 Å². The summed E-state index contributed by atoms with van der Waals surface area (Å²) in [4.78, 5) is 50.5. The summed E-state index contributed by atoms with van der Waals surface area (Å²) in [5.74, 6) is -0.975. The number of benzene rings is 3. The molecule has 3 aromatic carbocycles. The first kappa shape index (κ1) is 26.8. The Morgan fingerprint density at radius 2 is 1.86 bits per heavy atom. The van der Waals surface area contributed by atoms with Gasteiger partial charge in [-0.3, -0.25) is 24.7 Å². The van der Waals surface area contributed by atoms with Crippen molar-refractivity contribution in [3.63, 3.8) is 0 Å². The van der Waals surface area contributed by atoms with Gasteiger partial charge in [-0.25, -0.2) is 4.98 Å². The van der Waals surface area contributed by atoms with Crippen LogP contribution in [0.25, 0.3) is 12.2 Å². The molecule has 210 valence electrons. The van der Waals surface area contributed by atoms with E-state index in [0.717, 1.165) is 36.2 Å². The fourth-order valence-corrected chi connectivity index (χ4v) is 5.30.